The standard InChI is InChI=1S/C6H6F3N3O2S/c1-4-2-3-5(11-10-4)12-15(13,14)6(7,8)9/h2-3H,1H3,(H,11,12). The van der Waals surface area contributed by atoms with Gasteiger partial charge in [-0.3, -0.25) is 4.72 Å². The van der Waals surface area contributed by atoms with Gasteiger partial charge in [-0.1, -0.05) is 0 Å². The fraction of sp³-hybridized carbons (Fsp3) is 0.333. The third-order valence-corrected chi connectivity index (χ3v) is 2.43. The van der Waals surface area contributed by atoms with Crippen molar-refractivity contribution in [2.45, 2.75) is 12.4 Å². The number of hydrogen-bond acceptors (Lipinski definition) is 4. The van der Waals surface area contributed by atoms with Crippen molar-refractivity contribution in [3.63, 3.8) is 0 Å². The molecule has 1 aromatic rings. The lowest BCUT2D eigenvalue weighted by molar-refractivity contribution is -0.0429. The van der Waals surface area contributed by atoms with Gasteiger partial charge < -0.3 is 0 Å². The van der Waals surface area contributed by atoms with E-state index >= 15 is 0 Å². The third kappa shape index (κ3) is 2.78. The number of halogens is 3. The van der Waals surface area contributed by atoms with Crippen molar-refractivity contribution in [1.82, 2.24) is 10.2 Å². The molecule has 0 spiro atoms. The second kappa shape index (κ2) is 3.65. The summed E-state index contributed by atoms with van der Waals surface area (Å²) in [6.07, 6.45) is 0. The maximum absolute atomic E-state index is 11.9. The molecule has 0 fully saturated rings. The van der Waals surface area contributed by atoms with E-state index in [0.717, 1.165) is 6.07 Å². The molecule has 0 aliphatic heterocycles. The molecule has 0 bridgehead atoms. The third-order valence-electron chi connectivity index (χ3n) is 1.34. The molecule has 84 valence electrons. The smallest absolute Gasteiger partial charge is 0.258 e. The zero-order valence-corrected chi connectivity index (χ0v) is 8.22. The Bertz CT molecular complexity index is 440. The van der Waals surface area contributed by atoms with Gasteiger partial charge in [-0.2, -0.15) is 26.7 Å². The molecule has 1 heterocycles. The van der Waals surface area contributed by atoms with E-state index < -0.39 is 21.3 Å². The largest absolute Gasteiger partial charge is 0.516 e. The van der Waals surface area contributed by atoms with Crippen molar-refractivity contribution in [2.75, 3.05) is 4.72 Å². The van der Waals surface area contributed by atoms with E-state index in [4.69, 9.17) is 0 Å². The minimum Gasteiger partial charge on any atom is -0.258 e. The Morgan fingerprint density at radius 1 is 1.27 bits per heavy atom. The highest BCUT2D eigenvalue weighted by Gasteiger charge is 2.46. The maximum Gasteiger partial charge on any atom is 0.516 e. The molecular formula is C6H6F3N3O2S. The molecule has 0 aliphatic rings. The van der Waals surface area contributed by atoms with Gasteiger partial charge in [0.05, 0.1) is 5.69 Å². The lowest BCUT2D eigenvalue weighted by Crippen LogP contribution is -2.30. The van der Waals surface area contributed by atoms with E-state index in [1.807, 2.05) is 0 Å². The van der Waals surface area contributed by atoms with Crippen LogP contribution in [0.2, 0.25) is 0 Å². The number of aryl methyl sites for hydroxylation is 1. The van der Waals surface area contributed by atoms with Crippen molar-refractivity contribution in [3.05, 3.63) is 17.8 Å². The first kappa shape index (κ1) is 11.7. The molecule has 0 saturated heterocycles. The molecule has 0 saturated carbocycles. The van der Waals surface area contributed by atoms with Gasteiger partial charge in [0.25, 0.3) is 0 Å². The molecule has 1 rings (SSSR count). The van der Waals surface area contributed by atoms with Crippen LogP contribution in [0, 0.1) is 6.92 Å². The number of anilines is 1. The maximum atomic E-state index is 11.9. The van der Waals surface area contributed by atoms with Gasteiger partial charge in [-0.25, -0.2) is 0 Å². The van der Waals surface area contributed by atoms with Crippen LogP contribution < -0.4 is 4.72 Å². The Hall–Kier alpha value is -1.38. The first-order valence-corrected chi connectivity index (χ1v) is 5.10. The first-order chi connectivity index (χ1) is 6.72. The number of rotatable bonds is 2. The van der Waals surface area contributed by atoms with E-state index in [9.17, 15) is 21.6 Å². The monoisotopic (exact) mass is 241 g/mol. The summed E-state index contributed by atoms with van der Waals surface area (Å²) in [6.45, 7) is 1.56. The second-order valence-corrected chi connectivity index (χ2v) is 4.29. The highest BCUT2D eigenvalue weighted by molar-refractivity contribution is 7.93. The van der Waals surface area contributed by atoms with Crippen LogP contribution in [0.4, 0.5) is 19.0 Å². The molecule has 0 amide bonds. The van der Waals surface area contributed by atoms with Gasteiger partial charge in [-0.05, 0) is 19.1 Å². The zero-order valence-electron chi connectivity index (χ0n) is 7.41. The van der Waals surface area contributed by atoms with E-state index in [2.05, 4.69) is 10.2 Å². The summed E-state index contributed by atoms with van der Waals surface area (Å²) in [5, 5.41) is 6.64. The molecule has 0 aromatic carbocycles. The fourth-order valence-electron chi connectivity index (χ4n) is 0.649. The van der Waals surface area contributed by atoms with E-state index in [1.165, 1.54) is 10.8 Å². The Kier molecular flexibility index (Phi) is 2.84. The van der Waals surface area contributed by atoms with E-state index in [1.54, 1.807) is 6.92 Å². The van der Waals surface area contributed by atoms with Crippen molar-refractivity contribution >= 4 is 15.8 Å². The molecule has 9 heteroatoms. The predicted octanol–water partition coefficient (Wildman–Crippen LogP) is 1.05. The number of hydrogen-bond donors (Lipinski definition) is 1. The summed E-state index contributed by atoms with van der Waals surface area (Å²) < 4.78 is 58.2. The van der Waals surface area contributed by atoms with Gasteiger partial charge in [0, 0.05) is 0 Å². The SMILES string of the molecule is Cc1ccc(NS(=O)(=O)C(F)(F)F)nn1. The summed E-state index contributed by atoms with van der Waals surface area (Å²) in [6, 6.07) is 2.42. The van der Waals surface area contributed by atoms with Crippen LogP contribution in [0.5, 0.6) is 0 Å². The number of sulfonamides is 1. The highest BCUT2D eigenvalue weighted by atomic mass is 32.2. The number of alkyl halides is 3. The zero-order chi connectivity index (χ0) is 11.7. The lowest BCUT2D eigenvalue weighted by Gasteiger charge is -2.08. The summed E-state index contributed by atoms with van der Waals surface area (Å²) in [5.74, 6) is -0.474. The van der Waals surface area contributed by atoms with Gasteiger partial charge in [0.2, 0.25) is 0 Å². The minimum absolute atomic E-state index is 0.463. The van der Waals surface area contributed by atoms with Crippen molar-refractivity contribution in [2.24, 2.45) is 0 Å². The fourth-order valence-corrected chi connectivity index (χ4v) is 1.15. The minimum atomic E-state index is -5.42. The van der Waals surface area contributed by atoms with Gasteiger partial charge in [-0.15, -0.1) is 5.10 Å². The van der Waals surface area contributed by atoms with Gasteiger partial charge in [0.1, 0.15) is 0 Å². The molecule has 1 aromatic heterocycles. The molecule has 0 radical (unpaired) electrons. The summed E-state index contributed by atoms with van der Waals surface area (Å²) in [5.41, 5.74) is -4.90. The van der Waals surface area contributed by atoms with Crippen LogP contribution in [-0.4, -0.2) is 24.1 Å². The van der Waals surface area contributed by atoms with Crippen molar-refractivity contribution < 1.29 is 21.6 Å². The molecule has 5 nitrogen and oxygen atoms in total. The second-order valence-electron chi connectivity index (χ2n) is 2.61. The van der Waals surface area contributed by atoms with Gasteiger partial charge >= 0.3 is 15.5 Å². The molecular weight excluding hydrogens is 235 g/mol. The van der Waals surface area contributed by atoms with Crippen LogP contribution in [0.1, 0.15) is 5.69 Å². The number of nitrogens with one attached hydrogen (secondary N) is 1. The molecule has 1 N–H and O–H groups in total. The Morgan fingerprint density at radius 3 is 2.27 bits per heavy atom. The number of aromatic nitrogens is 2. The quantitative estimate of drug-likeness (QED) is 0.839. The summed E-state index contributed by atoms with van der Waals surface area (Å²) in [7, 11) is -5.42. The molecule has 0 atom stereocenters. The Labute approximate surface area is 83.4 Å². The topological polar surface area (TPSA) is 72.0 Å². The normalized spacial score (nSPS) is 12.5. The first-order valence-electron chi connectivity index (χ1n) is 3.62. The average molecular weight is 241 g/mol. The van der Waals surface area contributed by atoms with E-state index in [0.29, 0.717) is 5.69 Å². The summed E-state index contributed by atoms with van der Waals surface area (Å²) in [4.78, 5) is 0. The Morgan fingerprint density at radius 2 is 1.87 bits per heavy atom. The van der Waals surface area contributed by atoms with E-state index in [-0.39, 0.29) is 0 Å². The van der Waals surface area contributed by atoms with Gasteiger partial charge in [0.15, 0.2) is 5.82 Å². The number of nitrogens with zero attached hydrogens (tertiary/aromatic N) is 2. The van der Waals surface area contributed by atoms with Crippen molar-refractivity contribution in [3.8, 4) is 0 Å². The lowest BCUT2D eigenvalue weighted by atomic mass is 10.4. The predicted molar refractivity (Wildman–Crippen MR) is 45.4 cm³/mol. The van der Waals surface area contributed by atoms with Crippen molar-refractivity contribution in [1.29, 1.82) is 0 Å². The van der Waals surface area contributed by atoms with Crippen LogP contribution in [0.25, 0.3) is 0 Å². The van der Waals surface area contributed by atoms with Crippen LogP contribution in [0.15, 0.2) is 12.1 Å². The molecule has 0 aliphatic carbocycles. The molecule has 0 unspecified atom stereocenters. The van der Waals surface area contributed by atoms with Crippen LogP contribution in [-0.2, 0) is 10.0 Å². The molecule has 15 heavy (non-hydrogen) atoms. The average Bonchev–Trinajstić information content (AvgIpc) is 2.06. The Balaban J connectivity index is 2.93. The highest BCUT2D eigenvalue weighted by Crippen LogP contribution is 2.24. The summed E-state index contributed by atoms with van der Waals surface area (Å²) >= 11 is 0. The van der Waals surface area contributed by atoms with Crippen LogP contribution in [0.3, 0.4) is 0 Å². The van der Waals surface area contributed by atoms with Crippen LogP contribution >= 0.6 is 0 Å².